The highest BCUT2D eigenvalue weighted by Crippen LogP contribution is 2.55. The Morgan fingerprint density at radius 1 is 0.955 bits per heavy atom. The highest BCUT2D eigenvalue weighted by Gasteiger charge is 2.44. The quantitative estimate of drug-likeness (QED) is 0.302. The van der Waals surface area contributed by atoms with Gasteiger partial charge in [0.1, 0.15) is 6.29 Å². The Kier molecular flexibility index (Phi) is 4.64. The Morgan fingerprint density at radius 2 is 1.59 bits per heavy atom. The molecule has 0 aromatic carbocycles. The van der Waals surface area contributed by atoms with E-state index < -0.39 is 0 Å². The van der Waals surface area contributed by atoms with Crippen molar-refractivity contribution in [3.05, 3.63) is 52.8 Å². The molecule has 1 heteroatoms. The minimum Gasteiger partial charge on any atom is -0.299 e. The Morgan fingerprint density at radius 3 is 2.18 bits per heavy atom. The smallest absolute Gasteiger partial charge is 0.143 e. The second kappa shape index (κ2) is 6.67. The van der Waals surface area contributed by atoms with E-state index in [0.29, 0.717) is 0 Å². The monoisotopic (exact) mass is 294 g/mol. The van der Waals surface area contributed by atoms with E-state index >= 15 is 0 Å². The van der Waals surface area contributed by atoms with Crippen molar-refractivity contribution >= 4 is 6.29 Å². The van der Waals surface area contributed by atoms with Crippen molar-refractivity contribution in [1.82, 2.24) is 0 Å². The number of aldehydes is 1. The van der Waals surface area contributed by atoms with Crippen molar-refractivity contribution < 1.29 is 4.79 Å². The molecule has 0 spiro atoms. The van der Waals surface area contributed by atoms with Gasteiger partial charge < -0.3 is 0 Å². The van der Waals surface area contributed by atoms with Crippen LogP contribution in [0.2, 0.25) is 0 Å². The van der Waals surface area contributed by atoms with Gasteiger partial charge in [0, 0.05) is 0 Å². The fraction of sp³-hybridized carbons (Fsp3) is 0.524. The lowest BCUT2D eigenvalue weighted by Crippen LogP contribution is -2.40. The molecule has 0 N–H and O–H groups in total. The molecule has 4 bridgehead atoms. The lowest BCUT2D eigenvalue weighted by molar-refractivity contribution is -0.104. The molecule has 4 aliphatic rings. The van der Waals surface area contributed by atoms with Crippen molar-refractivity contribution in [2.45, 2.75) is 46.0 Å². The standard InChI is InChI=1S/C21H26O/c1-15(4-3-5-16(2)8-9-22)6-7-21-19-11-17-10-18(13-19)14-20(21)12-17/h3-6,8-9,17-20H,10-14H2,1-2H3/b5-3+,15-4+,16-8+. The van der Waals surface area contributed by atoms with Gasteiger partial charge >= 0.3 is 0 Å². The van der Waals surface area contributed by atoms with Gasteiger partial charge in [-0.05, 0) is 98.5 Å². The van der Waals surface area contributed by atoms with Crippen LogP contribution in [0, 0.1) is 23.7 Å². The lowest BCUT2D eigenvalue weighted by Gasteiger charge is -2.50. The molecule has 4 rings (SSSR count). The summed E-state index contributed by atoms with van der Waals surface area (Å²) < 4.78 is 0. The van der Waals surface area contributed by atoms with Crippen LogP contribution in [0.4, 0.5) is 0 Å². The topological polar surface area (TPSA) is 17.1 Å². The van der Waals surface area contributed by atoms with Crippen LogP contribution in [0.25, 0.3) is 0 Å². The number of allylic oxidation sites excluding steroid dienone is 7. The molecule has 1 nitrogen and oxygen atoms in total. The Hall–Kier alpha value is -1.59. The van der Waals surface area contributed by atoms with Crippen LogP contribution in [0.5, 0.6) is 0 Å². The summed E-state index contributed by atoms with van der Waals surface area (Å²) in [6, 6.07) is 0. The molecule has 22 heavy (non-hydrogen) atoms. The van der Waals surface area contributed by atoms with Gasteiger partial charge in [0.05, 0.1) is 0 Å². The van der Waals surface area contributed by atoms with E-state index in [1.54, 1.807) is 11.6 Å². The van der Waals surface area contributed by atoms with Gasteiger partial charge in [-0.15, -0.1) is 5.73 Å². The molecular formula is C21H26O. The van der Waals surface area contributed by atoms with E-state index in [1.807, 2.05) is 19.1 Å². The van der Waals surface area contributed by atoms with Gasteiger partial charge in [-0.25, -0.2) is 0 Å². The lowest BCUT2D eigenvalue weighted by atomic mass is 9.54. The molecule has 0 heterocycles. The molecule has 0 aromatic rings. The van der Waals surface area contributed by atoms with E-state index in [-0.39, 0.29) is 0 Å². The third kappa shape index (κ3) is 3.42. The summed E-state index contributed by atoms with van der Waals surface area (Å²) in [4.78, 5) is 10.4. The minimum atomic E-state index is 0.826. The number of rotatable bonds is 4. The third-order valence-electron chi connectivity index (χ3n) is 5.53. The van der Waals surface area contributed by atoms with Crippen LogP contribution < -0.4 is 0 Å². The van der Waals surface area contributed by atoms with Crippen molar-refractivity contribution in [3.8, 4) is 0 Å². The van der Waals surface area contributed by atoms with Gasteiger partial charge in [-0.3, -0.25) is 4.79 Å². The van der Waals surface area contributed by atoms with E-state index in [2.05, 4.69) is 24.8 Å². The fourth-order valence-electron chi connectivity index (χ4n) is 4.69. The third-order valence-corrected chi connectivity index (χ3v) is 5.53. The normalized spacial score (nSPS) is 34.2. The second-order valence-corrected chi connectivity index (χ2v) is 7.36. The summed E-state index contributed by atoms with van der Waals surface area (Å²) in [6.07, 6.45) is 17.8. The summed E-state index contributed by atoms with van der Waals surface area (Å²) >= 11 is 0. The van der Waals surface area contributed by atoms with Gasteiger partial charge in [0.15, 0.2) is 0 Å². The highest BCUT2D eigenvalue weighted by atomic mass is 16.1. The average Bonchev–Trinajstić information content (AvgIpc) is 2.46. The molecule has 116 valence electrons. The molecule has 4 aliphatic carbocycles. The zero-order valence-electron chi connectivity index (χ0n) is 13.7. The summed E-state index contributed by atoms with van der Waals surface area (Å²) in [5.74, 6) is 3.68. The van der Waals surface area contributed by atoms with Crippen LogP contribution >= 0.6 is 0 Å². The molecule has 0 amide bonds. The van der Waals surface area contributed by atoms with Crippen LogP contribution in [0.1, 0.15) is 46.0 Å². The maximum Gasteiger partial charge on any atom is 0.143 e. The Labute approximate surface area is 134 Å². The molecule has 0 saturated heterocycles. The number of hydrogen-bond acceptors (Lipinski definition) is 1. The van der Waals surface area contributed by atoms with Gasteiger partial charge in [0.2, 0.25) is 0 Å². The molecule has 0 radical (unpaired) electrons. The SMILES string of the molecule is C\C(C=C=C1C2CC3CC(C2)CC1C3)=C/C=C/C(C)=C/C=O. The van der Waals surface area contributed by atoms with Gasteiger partial charge in [-0.1, -0.05) is 18.2 Å². The summed E-state index contributed by atoms with van der Waals surface area (Å²) in [5.41, 5.74) is 7.45. The Bertz CT molecular complexity index is 563. The average molecular weight is 294 g/mol. The maximum absolute atomic E-state index is 10.4. The van der Waals surface area contributed by atoms with Crippen molar-refractivity contribution in [3.63, 3.8) is 0 Å². The van der Waals surface area contributed by atoms with Crippen molar-refractivity contribution in [1.29, 1.82) is 0 Å². The summed E-state index contributed by atoms with van der Waals surface area (Å²) in [6.45, 7) is 4.05. The predicted octanol–water partition coefficient (Wildman–Crippen LogP) is 5.17. The first-order chi connectivity index (χ1) is 10.7. The number of carbonyl (C=O) groups excluding carboxylic acids is 1. The van der Waals surface area contributed by atoms with E-state index in [1.165, 1.54) is 37.7 Å². The highest BCUT2D eigenvalue weighted by molar-refractivity contribution is 5.66. The van der Waals surface area contributed by atoms with Crippen LogP contribution in [0.3, 0.4) is 0 Å². The van der Waals surface area contributed by atoms with E-state index in [9.17, 15) is 4.79 Å². The summed E-state index contributed by atoms with van der Waals surface area (Å²) in [7, 11) is 0. The molecule has 4 saturated carbocycles. The first kappa shape index (κ1) is 15.3. The van der Waals surface area contributed by atoms with E-state index in [4.69, 9.17) is 0 Å². The maximum atomic E-state index is 10.4. The van der Waals surface area contributed by atoms with Crippen LogP contribution in [0.15, 0.2) is 52.8 Å². The minimum absolute atomic E-state index is 0.826. The predicted molar refractivity (Wildman–Crippen MR) is 91.4 cm³/mol. The number of carbonyl (C=O) groups is 1. The van der Waals surface area contributed by atoms with E-state index in [0.717, 1.165) is 35.5 Å². The molecule has 0 atom stereocenters. The van der Waals surface area contributed by atoms with Crippen LogP contribution in [-0.2, 0) is 4.79 Å². The molecule has 0 aliphatic heterocycles. The van der Waals surface area contributed by atoms with Crippen molar-refractivity contribution in [2.24, 2.45) is 23.7 Å². The van der Waals surface area contributed by atoms with Crippen molar-refractivity contribution in [2.75, 3.05) is 0 Å². The molecule has 0 aromatic heterocycles. The zero-order valence-corrected chi connectivity index (χ0v) is 13.7. The first-order valence-corrected chi connectivity index (χ1v) is 8.59. The Balaban J connectivity index is 1.70. The zero-order chi connectivity index (χ0) is 15.5. The first-order valence-electron chi connectivity index (χ1n) is 8.59. The molecule has 4 fully saturated rings. The largest absolute Gasteiger partial charge is 0.299 e. The second-order valence-electron chi connectivity index (χ2n) is 7.36. The molecule has 0 unspecified atom stereocenters. The van der Waals surface area contributed by atoms with Gasteiger partial charge in [0.25, 0.3) is 0 Å². The van der Waals surface area contributed by atoms with Gasteiger partial charge in [-0.2, -0.15) is 0 Å². The fourth-order valence-corrected chi connectivity index (χ4v) is 4.69. The molecular weight excluding hydrogens is 268 g/mol. The van der Waals surface area contributed by atoms with Crippen LogP contribution in [-0.4, -0.2) is 6.29 Å². The summed E-state index contributed by atoms with van der Waals surface area (Å²) in [5, 5.41) is 0. The number of hydrogen-bond donors (Lipinski definition) is 0.